The third-order valence-electron chi connectivity index (χ3n) is 7.24. The zero-order chi connectivity index (χ0) is 33.6. The molecular formula is C31H31F3N10O3. The van der Waals surface area contributed by atoms with Crippen LogP contribution in [0.15, 0.2) is 67.8 Å². The molecule has 1 aliphatic rings. The number of halogens is 3. The zero-order valence-corrected chi connectivity index (χ0v) is 25.4. The van der Waals surface area contributed by atoms with Crippen molar-refractivity contribution >= 4 is 40.6 Å². The van der Waals surface area contributed by atoms with Gasteiger partial charge >= 0.3 is 12.2 Å². The number of ketones is 1. The van der Waals surface area contributed by atoms with E-state index < -0.39 is 29.5 Å². The molecule has 0 radical (unpaired) electrons. The van der Waals surface area contributed by atoms with Gasteiger partial charge in [0.2, 0.25) is 11.9 Å². The van der Waals surface area contributed by atoms with Crippen molar-refractivity contribution in [2.75, 3.05) is 42.7 Å². The van der Waals surface area contributed by atoms with Crippen LogP contribution in [0.3, 0.4) is 0 Å². The molecule has 16 heteroatoms. The van der Waals surface area contributed by atoms with Crippen molar-refractivity contribution < 1.29 is 27.5 Å². The molecule has 13 nitrogen and oxygen atoms in total. The second kappa shape index (κ2) is 14.3. The molecule has 3 aromatic heterocycles. The Morgan fingerprint density at radius 2 is 1.87 bits per heavy atom. The lowest BCUT2D eigenvalue weighted by molar-refractivity contribution is -0.137. The fraction of sp³-hybridized carbons (Fsp3) is 0.258. The van der Waals surface area contributed by atoms with Gasteiger partial charge in [-0.2, -0.15) is 23.1 Å². The number of carbonyl (C=O) groups is 2. The van der Waals surface area contributed by atoms with Gasteiger partial charge in [-0.05, 0) is 42.8 Å². The van der Waals surface area contributed by atoms with E-state index in [1.807, 2.05) is 4.90 Å². The van der Waals surface area contributed by atoms with Crippen molar-refractivity contribution in [3.63, 3.8) is 0 Å². The topological polar surface area (TPSA) is 159 Å². The number of amides is 1. The Bertz CT molecular complexity index is 1770. The van der Waals surface area contributed by atoms with Gasteiger partial charge in [-0.3, -0.25) is 19.5 Å². The molecule has 1 unspecified atom stereocenters. The van der Waals surface area contributed by atoms with Crippen LogP contribution in [-0.4, -0.2) is 74.3 Å². The summed E-state index contributed by atoms with van der Waals surface area (Å²) in [5.41, 5.74) is 0.983. The summed E-state index contributed by atoms with van der Waals surface area (Å²) in [4.78, 5) is 47.8. The number of nitrogens with zero attached hydrogens (tertiary/aromatic N) is 6. The highest BCUT2D eigenvalue weighted by Gasteiger charge is 2.36. The number of Topliss-reactive ketones (excluding diaryl/α,β-unsaturated/α-hetero) is 1. The van der Waals surface area contributed by atoms with Gasteiger partial charge in [-0.1, -0.05) is 12.6 Å². The normalized spacial score (nSPS) is 15.0. The van der Waals surface area contributed by atoms with Crippen LogP contribution in [-0.2, 0) is 17.5 Å². The smallest absolute Gasteiger partial charge is 0.421 e. The van der Waals surface area contributed by atoms with Gasteiger partial charge in [0.15, 0.2) is 5.78 Å². The minimum absolute atomic E-state index is 0.0416. The van der Waals surface area contributed by atoms with E-state index in [0.717, 1.165) is 6.08 Å². The summed E-state index contributed by atoms with van der Waals surface area (Å²) >= 11 is 0. The summed E-state index contributed by atoms with van der Waals surface area (Å²) in [6, 6.07) is 7.76. The van der Waals surface area contributed by atoms with Gasteiger partial charge in [0.25, 0.3) is 0 Å². The highest BCUT2D eigenvalue weighted by Crippen LogP contribution is 2.37. The average molecular weight is 649 g/mol. The number of aryl methyl sites for hydroxylation is 1. The standard InChI is InChI=1S/C31H31F3N10O3/c1-4-25(45)39-23-13-19(17-44-12-11-36-16-24(44)26(46)20-7-9-35-10-8-20)5-6-22(23)40-28-21(31(32,33)34)15-37-29(42-28)41-27-18(2)14-38-30(43-27)47-3/h4-10,13-15,24,36H,1,11-12,16-17H2,2-3H3,(H,39,45)(H2,37,38,40,41,42,43). The van der Waals surface area contributed by atoms with Crippen LogP contribution in [0, 0.1) is 6.92 Å². The minimum atomic E-state index is -4.81. The number of aromatic nitrogens is 5. The number of hydrogen-bond donors (Lipinski definition) is 4. The summed E-state index contributed by atoms with van der Waals surface area (Å²) in [6.07, 6.45) is 1.48. The number of carbonyl (C=O) groups excluding carboxylic acids is 2. The molecule has 0 aliphatic carbocycles. The van der Waals surface area contributed by atoms with Crippen molar-refractivity contribution in [3.8, 4) is 6.01 Å². The van der Waals surface area contributed by atoms with E-state index in [0.29, 0.717) is 49.1 Å². The number of benzene rings is 1. The van der Waals surface area contributed by atoms with Crippen LogP contribution in [0.5, 0.6) is 6.01 Å². The quantitative estimate of drug-likeness (QED) is 0.135. The number of nitrogens with one attached hydrogen (secondary N) is 4. The highest BCUT2D eigenvalue weighted by atomic mass is 19.4. The summed E-state index contributed by atoms with van der Waals surface area (Å²) in [6.45, 7) is 7.16. The molecule has 1 saturated heterocycles. The number of pyridine rings is 1. The molecule has 4 N–H and O–H groups in total. The summed E-state index contributed by atoms with van der Waals surface area (Å²) in [7, 11) is 1.38. The van der Waals surface area contributed by atoms with E-state index in [-0.39, 0.29) is 34.9 Å². The number of methoxy groups -OCH3 is 1. The van der Waals surface area contributed by atoms with Crippen molar-refractivity contribution in [1.29, 1.82) is 0 Å². The number of piperazine rings is 1. The van der Waals surface area contributed by atoms with Gasteiger partial charge in [-0.25, -0.2) is 9.97 Å². The summed E-state index contributed by atoms with van der Waals surface area (Å²) < 4.78 is 47.3. The predicted octanol–water partition coefficient (Wildman–Crippen LogP) is 4.27. The molecule has 4 heterocycles. The first kappa shape index (κ1) is 32.9. The van der Waals surface area contributed by atoms with Crippen LogP contribution in [0.4, 0.5) is 42.1 Å². The Kier molecular flexibility index (Phi) is 10.0. The fourth-order valence-corrected chi connectivity index (χ4v) is 4.85. The Hall–Kier alpha value is -5.48. The van der Waals surface area contributed by atoms with E-state index in [2.05, 4.69) is 52.8 Å². The molecule has 1 aromatic carbocycles. The van der Waals surface area contributed by atoms with Crippen LogP contribution in [0.25, 0.3) is 0 Å². The molecule has 1 amide bonds. The third kappa shape index (κ3) is 8.03. The highest BCUT2D eigenvalue weighted by molar-refractivity contribution is 6.02. The van der Waals surface area contributed by atoms with E-state index in [1.165, 1.54) is 19.4 Å². The van der Waals surface area contributed by atoms with E-state index in [9.17, 15) is 22.8 Å². The predicted molar refractivity (Wildman–Crippen MR) is 168 cm³/mol. The van der Waals surface area contributed by atoms with Crippen molar-refractivity contribution in [2.45, 2.75) is 25.7 Å². The Labute approximate surface area is 267 Å². The minimum Gasteiger partial charge on any atom is -0.467 e. The summed E-state index contributed by atoms with van der Waals surface area (Å²) in [5, 5.41) is 11.4. The molecule has 0 bridgehead atoms. The monoisotopic (exact) mass is 648 g/mol. The van der Waals surface area contributed by atoms with Gasteiger partial charge in [0.05, 0.1) is 24.5 Å². The lowest BCUT2D eigenvalue weighted by atomic mass is 10.0. The number of hydrogen-bond acceptors (Lipinski definition) is 12. The zero-order valence-electron chi connectivity index (χ0n) is 25.4. The number of ether oxygens (including phenoxy) is 1. The molecule has 4 aromatic rings. The molecule has 1 aliphatic heterocycles. The lowest BCUT2D eigenvalue weighted by Crippen LogP contribution is -2.54. The van der Waals surface area contributed by atoms with Crippen molar-refractivity contribution in [3.05, 3.63) is 90.0 Å². The van der Waals surface area contributed by atoms with Gasteiger partial charge in [0.1, 0.15) is 17.2 Å². The lowest BCUT2D eigenvalue weighted by Gasteiger charge is -2.35. The van der Waals surface area contributed by atoms with Crippen molar-refractivity contribution in [2.24, 2.45) is 0 Å². The van der Waals surface area contributed by atoms with Crippen molar-refractivity contribution in [1.82, 2.24) is 35.1 Å². The summed E-state index contributed by atoms with van der Waals surface area (Å²) in [5.74, 6) is -1.16. The van der Waals surface area contributed by atoms with Crippen LogP contribution >= 0.6 is 0 Å². The molecule has 0 saturated carbocycles. The maximum absolute atomic E-state index is 14.1. The van der Waals surface area contributed by atoms with E-state index >= 15 is 0 Å². The molecule has 47 heavy (non-hydrogen) atoms. The first-order valence-corrected chi connectivity index (χ1v) is 14.4. The van der Waals surface area contributed by atoms with Crippen LogP contribution in [0.2, 0.25) is 0 Å². The molecule has 1 atom stereocenters. The van der Waals surface area contributed by atoms with E-state index in [1.54, 1.807) is 43.6 Å². The first-order valence-electron chi connectivity index (χ1n) is 14.4. The molecule has 0 spiro atoms. The SMILES string of the molecule is C=CC(=O)Nc1cc(CN2CCNCC2C(=O)c2ccncc2)ccc1Nc1nc(Nc2nc(OC)ncc2C)ncc1C(F)(F)F. The molecule has 244 valence electrons. The fourth-order valence-electron chi connectivity index (χ4n) is 4.85. The maximum atomic E-state index is 14.1. The van der Waals surface area contributed by atoms with Gasteiger partial charge in [0, 0.05) is 62.1 Å². The van der Waals surface area contributed by atoms with Gasteiger partial charge in [-0.15, -0.1) is 0 Å². The largest absolute Gasteiger partial charge is 0.467 e. The number of alkyl halides is 3. The Morgan fingerprint density at radius 1 is 1.09 bits per heavy atom. The Balaban J connectivity index is 1.45. The molecule has 5 rings (SSSR count). The second-order valence-corrected chi connectivity index (χ2v) is 10.5. The second-order valence-electron chi connectivity index (χ2n) is 10.5. The third-order valence-corrected chi connectivity index (χ3v) is 7.24. The molecule has 1 fully saturated rings. The number of rotatable bonds is 11. The Morgan fingerprint density at radius 3 is 2.60 bits per heavy atom. The first-order chi connectivity index (χ1) is 22.5. The van der Waals surface area contributed by atoms with Crippen LogP contribution in [0.1, 0.15) is 27.0 Å². The maximum Gasteiger partial charge on any atom is 0.421 e. The molecular weight excluding hydrogens is 617 g/mol. The van der Waals surface area contributed by atoms with Crippen LogP contribution < -0.4 is 26.0 Å². The number of anilines is 5. The van der Waals surface area contributed by atoms with Gasteiger partial charge < -0.3 is 26.0 Å². The van der Waals surface area contributed by atoms with E-state index in [4.69, 9.17) is 4.74 Å². The average Bonchev–Trinajstić information content (AvgIpc) is 3.06.